The molecule has 3 rings (SSSR count). The van der Waals surface area contributed by atoms with Gasteiger partial charge in [-0.05, 0) is 17.9 Å². The zero-order chi connectivity index (χ0) is 13.6. The Morgan fingerprint density at radius 2 is 2.05 bits per heavy atom. The SMILES string of the molecule is c1ccc2c(OCCNC3=NCCCN3)cccc2c1. The Balaban J connectivity index is 1.56. The summed E-state index contributed by atoms with van der Waals surface area (Å²) < 4.78 is 5.87. The summed E-state index contributed by atoms with van der Waals surface area (Å²) in [5.41, 5.74) is 0. The molecule has 1 aliphatic rings. The summed E-state index contributed by atoms with van der Waals surface area (Å²) in [6.07, 6.45) is 1.11. The van der Waals surface area contributed by atoms with E-state index in [1.54, 1.807) is 0 Å². The van der Waals surface area contributed by atoms with Crippen molar-refractivity contribution in [1.82, 2.24) is 10.6 Å². The molecule has 20 heavy (non-hydrogen) atoms. The highest BCUT2D eigenvalue weighted by Crippen LogP contribution is 2.24. The van der Waals surface area contributed by atoms with Crippen molar-refractivity contribution in [1.29, 1.82) is 0 Å². The fourth-order valence-corrected chi connectivity index (χ4v) is 2.30. The zero-order valence-corrected chi connectivity index (χ0v) is 11.4. The van der Waals surface area contributed by atoms with Gasteiger partial charge in [0, 0.05) is 18.5 Å². The van der Waals surface area contributed by atoms with Crippen LogP contribution in [-0.2, 0) is 0 Å². The molecule has 0 fully saturated rings. The second-order valence-corrected chi connectivity index (χ2v) is 4.76. The fourth-order valence-electron chi connectivity index (χ4n) is 2.30. The quantitative estimate of drug-likeness (QED) is 0.836. The molecule has 0 spiro atoms. The Hall–Kier alpha value is -2.23. The lowest BCUT2D eigenvalue weighted by atomic mass is 10.1. The van der Waals surface area contributed by atoms with E-state index in [4.69, 9.17) is 4.74 Å². The lowest BCUT2D eigenvalue weighted by molar-refractivity contribution is 0.325. The van der Waals surface area contributed by atoms with Crippen molar-refractivity contribution >= 4 is 16.7 Å². The fraction of sp³-hybridized carbons (Fsp3) is 0.312. The molecule has 104 valence electrons. The molecule has 0 atom stereocenters. The molecule has 1 aliphatic heterocycles. The Morgan fingerprint density at radius 1 is 1.15 bits per heavy atom. The summed E-state index contributed by atoms with van der Waals surface area (Å²) in [6.45, 7) is 3.26. The smallest absolute Gasteiger partial charge is 0.191 e. The zero-order valence-electron chi connectivity index (χ0n) is 11.4. The Labute approximate surface area is 118 Å². The van der Waals surface area contributed by atoms with Crippen LogP contribution in [0, 0.1) is 0 Å². The number of guanidine groups is 1. The molecule has 4 nitrogen and oxygen atoms in total. The van der Waals surface area contributed by atoms with Gasteiger partial charge in [-0.3, -0.25) is 4.99 Å². The van der Waals surface area contributed by atoms with Crippen LogP contribution in [0.15, 0.2) is 47.5 Å². The number of benzene rings is 2. The highest BCUT2D eigenvalue weighted by Gasteiger charge is 2.03. The summed E-state index contributed by atoms with van der Waals surface area (Å²) in [7, 11) is 0. The molecule has 0 aromatic heterocycles. The molecule has 0 saturated carbocycles. The average molecular weight is 269 g/mol. The highest BCUT2D eigenvalue weighted by molar-refractivity contribution is 5.88. The van der Waals surface area contributed by atoms with Crippen molar-refractivity contribution < 1.29 is 4.74 Å². The first-order valence-corrected chi connectivity index (χ1v) is 7.06. The van der Waals surface area contributed by atoms with Gasteiger partial charge in [0.2, 0.25) is 0 Å². The van der Waals surface area contributed by atoms with Crippen LogP contribution in [0.25, 0.3) is 10.8 Å². The second kappa shape index (κ2) is 6.28. The van der Waals surface area contributed by atoms with E-state index >= 15 is 0 Å². The lowest BCUT2D eigenvalue weighted by Gasteiger charge is -2.16. The van der Waals surface area contributed by atoms with Crippen molar-refractivity contribution in [3.8, 4) is 5.75 Å². The average Bonchev–Trinajstić information content (AvgIpc) is 2.53. The van der Waals surface area contributed by atoms with Gasteiger partial charge in [0.25, 0.3) is 0 Å². The van der Waals surface area contributed by atoms with Crippen LogP contribution in [0.3, 0.4) is 0 Å². The maximum atomic E-state index is 5.87. The second-order valence-electron chi connectivity index (χ2n) is 4.76. The summed E-state index contributed by atoms with van der Waals surface area (Å²) >= 11 is 0. The minimum Gasteiger partial charge on any atom is -0.491 e. The molecule has 0 bridgehead atoms. The van der Waals surface area contributed by atoms with Crippen molar-refractivity contribution in [2.24, 2.45) is 4.99 Å². The van der Waals surface area contributed by atoms with E-state index in [2.05, 4.69) is 33.8 Å². The number of nitrogens with zero attached hydrogens (tertiary/aromatic N) is 1. The van der Waals surface area contributed by atoms with Crippen LogP contribution in [0.4, 0.5) is 0 Å². The number of fused-ring (bicyclic) bond motifs is 1. The molecule has 0 unspecified atom stereocenters. The summed E-state index contributed by atoms with van der Waals surface area (Å²) in [4.78, 5) is 4.36. The lowest BCUT2D eigenvalue weighted by Crippen LogP contribution is -2.42. The standard InChI is InChI=1S/C16H19N3O/c1-2-7-14-13(5-1)6-3-8-15(14)20-12-11-19-16-17-9-4-10-18-16/h1-3,5-8H,4,9-12H2,(H2,17,18,19). The number of rotatable bonds is 4. The topological polar surface area (TPSA) is 45.6 Å². The van der Waals surface area contributed by atoms with Crippen LogP contribution in [0.2, 0.25) is 0 Å². The number of hydrogen-bond acceptors (Lipinski definition) is 4. The van der Waals surface area contributed by atoms with E-state index in [1.165, 1.54) is 5.39 Å². The molecule has 2 aromatic rings. The van der Waals surface area contributed by atoms with Gasteiger partial charge in [0.05, 0.1) is 6.54 Å². The predicted octanol–water partition coefficient (Wildman–Crippen LogP) is 2.16. The third-order valence-electron chi connectivity index (χ3n) is 3.30. The Bertz CT molecular complexity index is 604. The molecule has 0 amide bonds. The molecular weight excluding hydrogens is 250 g/mol. The normalized spacial score (nSPS) is 14.5. The van der Waals surface area contributed by atoms with Crippen molar-refractivity contribution in [2.75, 3.05) is 26.2 Å². The molecule has 0 saturated heterocycles. The number of ether oxygens (including phenoxy) is 1. The van der Waals surface area contributed by atoms with E-state index in [0.29, 0.717) is 6.61 Å². The van der Waals surface area contributed by atoms with Crippen LogP contribution in [-0.4, -0.2) is 32.2 Å². The van der Waals surface area contributed by atoms with E-state index in [0.717, 1.165) is 43.2 Å². The molecule has 2 aromatic carbocycles. The van der Waals surface area contributed by atoms with E-state index in [1.807, 2.05) is 24.3 Å². The minimum atomic E-state index is 0.620. The summed E-state index contributed by atoms with van der Waals surface area (Å²) in [6, 6.07) is 14.4. The van der Waals surface area contributed by atoms with Gasteiger partial charge >= 0.3 is 0 Å². The minimum absolute atomic E-state index is 0.620. The third kappa shape index (κ3) is 3.02. The van der Waals surface area contributed by atoms with Crippen LogP contribution in [0.5, 0.6) is 5.75 Å². The van der Waals surface area contributed by atoms with E-state index in [9.17, 15) is 0 Å². The molecular formula is C16H19N3O. The third-order valence-corrected chi connectivity index (χ3v) is 3.30. The Morgan fingerprint density at radius 3 is 2.95 bits per heavy atom. The largest absolute Gasteiger partial charge is 0.491 e. The van der Waals surface area contributed by atoms with Crippen LogP contribution >= 0.6 is 0 Å². The van der Waals surface area contributed by atoms with Gasteiger partial charge in [-0.25, -0.2) is 0 Å². The molecule has 1 heterocycles. The number of aliphatic imine (C=N–C) groups is 1. The molecule has 0 radical (unpaired) electrons. The maximum absolute atomic E-state index is 5.87. The van der Waals surface area contributed by atoms with Crippen molar-refractivity contribution in [3.05, 3.63) is 42.5 Å². The van der Waals surface area contributed by atoms with Gasteiger partial charge in [-0.1, -0.05) is 36.4 Å². The summed E-state index contributed by atoms with van der Waals surface area (Å²) in [5, 5.41) is 8.85. The van der Waals surface area contributed by atoms with Gasteiger partial charge in [0.1, 0.15) is 12.4 Å². The number of hydrogen-bond donors (Lipinski definition) is 2. The van der Waals surface area contributed by atoms with Gasteiger partial charge in [0.15, 0.2) is 5.96 Å². The van der Waals surface area contributed by atoms with Crippen molar-refractivity contribution in [3.63, 3.8) is 0 Å². The first-order valence-electron chi connectivity index (χ1n) is 7.06. The molecule has 2 N–H and O–H groups in total. The first-order chi connectivity index (χ1) is 9.93. The van der Waals surface area contributed by atoms with Gasteiger partial charge < -0.3 is 15.4 Å². The predicted molar refractivity (Wildman–Crippen MR) is 82.4 cm³/mol. The van der Waals surface area contributed by atoms with Gasteiger partial charge in [-0.2, -0.15) is 0 Å². The molecule has 0 aliphatic carbocycles. The van der Waals surface area contributed by atoms with E-state index < -0.39 is 0 Å². The monoisotopic (exact) mass is 269 g/mol. The van der Waals surface area contributed by atoms with E-state index in [-0.39, 0.29) is 0 Å². The Kier molecular flexibility index (Phi) is 4.01. The van der Waals surface area contributed by atoms with Crippen LogP contribution in [0.1, 0.15) is 6.42 Å². The van der Waals surface area contributed by atoms with Gasteiger partial charge in [-0.15, -0.1) is 0 Å². The van der Waals surface area contributed by atoms with Crippen LogP contribution < -0.4 is 15.4 Å². The number of nitrogens with one attached hydrogen (secondary N) is 2. The maximum Gasteiger partial charge on any atom is 0.191 e. The molecule has 4 heteroatoms. The summed E-state index contributed by atoms with van der Waals surface area (Å²) in [5.74, 6) is 1.82. The highest BCUT2D eigenvalue weighted by atomic mass is 16.5. The first kappa shape index (κ1) is 12.8. The van der Waals surface area contributed by atoms with Crippen molar-refractivity contribution in [2.45, 2.75) is 6.42 Å².